The van der Waals surface area contributed by atoms with Crippen molar-refractivity contribution in [3.8, 4) is 0 Å². The third kappa shape index (κ3) is 6.77. The van der Waals surface area contributed by atoms with Crippen molar-refractivity contribution in [2.45, 2.75) is 6.42 Å². The van der Waals surface area contributed by atoms with Crippen LogP contribution < -0.4 is 21.3 Å². The van der Waals surface area contributed by atoms with Crippen molar-refractivity contribution in [3.05, 3.63) is 29.8 Å². The Kier molecular flexibility index (Phi) is 7.76. The van der Waals surface area contributed by atoms with E-state index in [1.807, 2.05) is 0 Å². The van der Waals surface area contributed by atoms with Crippen molar-refractivity contribution >= 4 is 29.4 Å². The number of carboxylic acids is 1. The highest BCUT2D eigenvalue weighted by molar-refractivity contribution is 5.99. The first-order valence-corrected chi connectivity index (χ1v) is 7.24. The second-order valence-corrected chi connectivity index (χ2v) is 4.70. The van der Waals surface area contributed by atoms with Crippen LogP contribution in [0.2, 0.25) is 0 Å². The van der Waals surface area contributed by atoms with E-state index in [0.29, 0.717) is 17.2 Å². The van der Waals surface area contributed by atoms with Gasteiger partial charge in [0.25, 0.3) is 5.91 Å². The highest BCUT2D eigenvalue weighted by Gasteiger charge is 2.09. The van der Waals surface area contributed by atoms with E-state index in [-0.39, 0.29) is 19.5 Å². The summed E-state index contributed by atoms with van der Waals surface area (Å²) in [6, 6.07) is 6.72. The number of benzene rings is 1. The Balaban J connectivity index is 2.53. The summed E-state index contributed by atoms with van der Waals surface area (Å²) in [5.41, 5.74) is 1.05. The number of rotatable bonds is 7. The Morgan fingerprint density at radius 1 is 1.21 bits per heavy atom. The number of aliphatic carboxylic acids is 1. The zero-order valence-corrected chi connectivity index (χ0v) is 13.5. The fraction of sp³-hybridized carbons (Fsp3) is 0.333. The molecule has 2 amide bonds. The third-order valence-corrected chi connectivity index (χ3v) is 2.92. The summed E-state index contributed by atoms with van der Waals surface area (Å²) in [6.45, 7) is -0.207. The van der Waals surface area contributed by atoms with Gasteiger partial charge in [0.2, 0.25) is 5.91 Å². The molecule has 0 spiro atoms. The second kappa shape index (κ2) is 9.82. The molecular formula is C15H21N5O4. The number of carboxylic acid groups (broad SMARTS) is 1. The summed E-state index contributed by atoms with van der Waals surface area (Å²) in [5, 5.41) is 19.2. The fourth-order valence-electron chi connectivity index (χ4n) is 1.74. The Hall–Kier alpha value is -3.10. The first kappa shape index (κ1) is 18.9. The van der Waals surface area contributed by atoms with E-state index in [4.69, 9.17) is 5.11 Å². The maximum Gasteiger partial charge on any atom is 0.305 e. The van der Waals surface area contributed by atoms with Crippen molar-refractivity contribution in [1.82, 2.24) is 16.0 Å². The highest BCUT2D eigenvalue weighted by Crippen LogP contribution is 2.10. The zero-order chi connectivity index (χ0) is 17.9. The number of hydrogen-bond donors (Lipinski definition) is 5. The van der Waals surface area contributed by atoms with E-state index in [9.17, 15) is 14.4 Å². The molecule has 0 radical (unpaired) electrons. The van der Waals surface area contributed by atoms with Gasteiger partial charge in [0.15, 0.2) is 5.96 Å². The molecule has 1 rings (SSSR count). The normalized spacial score (nSPS) is 10.7. The Bertz CT molecular complexity index is 630. The minimum absolute atomic E-state index is 0.0204. The van der Waals surface area contributed by atoms with Gasteiger partial charge >= 0.3 is 5.97 Å². The molecule has 1 aromatic carbocycles. The van der Waals surface area contributed by atoms with Crippen LogP contribution in [0.1, 0.15) is 16.8 Å². The fourth-order valence-corrected chi connectivity index (χ4v) is 1.74. The second-order valence-electron chi connectivity index (χ2n) is 4.70. The van der Waals surface area contributed by atoms with Crippen LogP contribution in [-0.2, 0) is 9.59 Å². The van der Waals surface area contributed by atoms with Crippen LogP contribution >= 0.6 is 0 Å². The molecule has 0 aromatic heterocycles. The van der Waals surface area contributed by atoms with Crippen molar-refractivity contribution in [3.63, 3.8) is 0 Å². The van der Waals surface area contributed by atoms with E-state index < -0.39 is 17.8 Å². The average Bonchev–Trinajstić information content (AvgIpc) is 2.57. The van der Waals surface area contributed by atoms with Crippen molar-refractivity contribution in [2.75, 3.05) is 32.5 Å². The van der Waals surface area contributed by atoms with Gasteiger partial charge in [-0.25, -0.2) is 0 Å². The molecular weight excluding hydrogens is 314 g/mol. The summed E-state index contributed by atoms with van der Waals surface area (Å²) in [6.07, 6.45) is -0.166. The summed E-state index contributed by atoms with van der Waals surface area (Å²) in [7, 11) is 3.34. The van der Waals surface area contributed by atoms with Crippen LogP contribution in [0.15, 0.2) is 29.3 Å². The van der Waals surface area contributed by atoms with Gasteiger partial charge in [0.05, 0.1) is 13.0 Å². The zero-order valence-electron chi connectivity index (χ0n) is 13.5. The number of guanidine groups is 1. The number of anilines is 1. The highest BCUT2D eigenvalue weighted by atomic mass is 16.4. The summed E-state index contributed by atoms with van der Waals surface area (Å²) < 4.78 is 0. The standard InChI is InChI=1S/C15H21N5O4/c1-16-15(17-2)20-11-5-3-4-10(8-11)14(24)19-9-12(21)18-7-6-13(22)23/h3-5,8H,6-7,9H2,1-2H3,(H,18,21)(H,19,24)(H,22,23)(H2,16,17,20). The molecule has 1 aromatic rings. The molecule has 0 saturated carbocycles. The lowest BCUT2D eigenvalue weighted by Gasteiger charge is -2.10. The van der Waals surface area contributed by atoms with Crippen LogP contribution in [0.3, 0.4) is 0 Å². The molecule has 0 saturated heterocycles. The first-order valence-electron chi connectivity index (χ1n) is 7.24. The van der Waals surface area contributed by atoms with Gasteiger partial charge in [-0.1, -0.05) is 6.07 Å². The maximum atomic E-state index is 12.0. The summed E-state index contributed by atoms with van der Waals surface area (Å²) in [5.74, 6) is -1.31. The predicted molar refractivity (Wildman–Crippen MR) is 90.1 cm³/mol. The Morgan fingerprint density at radius 3 is 2.58 bits per heavy atom. The maximum absolute atomic E-state index is 12.0. The van der Waals surface area contributed by atoms with E-state index in [0.717, 1.165) is 0 Å². The van der Waals surface area contributed by atoms with Crippen LogP contribution in [0.5, 0.6) is 0 Å². The number of amides is 2. The topological polar surface area (TPSA) is 132 Å². The van der Waals surface area contributed by atoms with Gasteiger partial charge in [-0.3, -0.25) is 19.4 Å². The Labute approximate surface area is 139 Å². The molecule has 130 valence electrons. The molecule has 0 aliphatic carbocycles. The molecule has 0 aliphatic heterocycles. The van der Waals surface area contributed by atoms with Gasteiger partial charge < -0.3 is 26.4 Å². The largest absolute Gasteiger partial charge is 0.481 e. The van der Waals surface area contributed by atoms with E-state index >= 15 is 0 Å². The van der Waals surface area contributed by atoms with Gasteiger partial charge in [0, 0.05) is 31.9 Å². The van der Waals surface area contributed by atoms with Crippen molar-refractivity contribution < 1.29 is 19.5 Å². The first-order chi connectivity index (χ1) is 11.5. The quantitative estimate of drug-likeness (QED) is 0.341. The number of hydrogen-bond acceptors (Lipinski definition) is 4. The number of carbonyl (C=O) groups excluding carboxylic acids is 2. The molecule has 9 nitrogen and oxygen atoms in total. The van der Waals surface area contributed by atoms with Crippen LogP contribution in [0.25, 0.3) is 0 Å². The van der Waals surface area contributed by atoms with E-state index in [2.05, 4.69) is 26.3 Å². The van der Waals surface area contributed by atoms with Crippen LogP contribution in [0, 0.1) is 0 Å². The molecule has 0 atom stereocenters. The van der Waals surface area contributed by atoms with Crippen LogP contribution in [-0.4, -0.2) is 56.0 Å². The summed E-state index contributed by atoms with van der Waals surface area (Å²) in [4.78, 5) is 37.9. The summed E-state index contributed by atoms with van der Waals surface area (Å²) >= 11 is 0. The third-order valence-electron chi connectivity index (χ3n) is 2.92. The number of nitrogens with one attached hydrogen (secondary N) is 4. The van der Waals surface area contributed by atoms with E-state index in [1.54, 1.807) is 38.4 Å². The number of nitrogens with zero attached hydrogens (tertiary/aromatic N) is 1. The smallest absolute Gasteiger partial charge is 0.305 e. The van der Waals surface area contributed by atoms with Gasteiger partial charge in [0.1, 0.15) is 0 Å². The van der Waals surface area contributed by atoms with Gasteiger partial charge in [-0.2, -0.15) is 0 Å². The van der Waals surface area contributed by atoms with Gasteiger partial charge in [-0.05, 0) is 18.2 Å². The number of carbonyl (C=O) groups is 3. The molecule has 0 aliphatic rings. The van der Waals surface area contributed by atoms with E-state index in [1.165, 1.54) is 0 Å². The van der Waals surface area contributed by atoms with Crippen molar-refractivity contribution in [2.24, 2.45) is 4.99 Å². The SMILES string of the molecule is CN=C(NC)Nc1cccc(C(=O)NCC(=O)NCCC(=O)O)c1. The number of aliphatic imine (C=N–C) groups is 1. The molecule has 24 heavy (non-hydrogen) atoms. The minimum atomic E-state index is -1.000. The predicted octanol–water partition coefficient (Wildman–Crippen LogP) is -0.376. The average molecular weight is 335 g/mol. The molecule has 9 heteroatoms. The molecule has 5 N–H and O–H groups in total. The van der Waals surface area contributed by atoms with Crippen molar-refractivity contribution in [1.29, 1.82) is 0 Å². The Morgan fingerprint density at radius 2 is 1.96 bits per heavy atom. The molecule has 0 unspecified atom stereocenters. The van der Waals surface area contributed by atoms with Gasteiger partial charge in [-0.15, -0.1) is 0 Å². The minimum Gasteiger partial charge on any atom is -0.481 e. The molecule has 0 bridgehead atoms. The molecule has 0 heterocycles. The lowest BCUT2D eigenvalue weighted by atomic mass is 10.2. The molecule has 0 fully saturated rings. The monoisotopic (exact) mass is 335 g/mol. The lowest BCUT2D eigenvalue weighted by Crippen LogP contribution is -2.37. The van der Waals surface area contributed by atoms with Crippen LogP contribution in [0.4, 0.5) is 5.69 Å². The lowest BCUT2D eigenvalue weighted by molar-refractivity contribution is -0.136.